The van der Waals surface area contributed by atoms with E-state index in [2.05, 4.69) is 25.5 Å². The number of hydrogen-bond acceptors (Lipinski definition) is 9. The van der Waals surface area contributed by atoms with Gasteiger partial charge in [0.15, 0.2) is 11.4 Å². The molecule has 214 valence electrons. The van der Waals surface area contributed by atoms with Gasteiger partial charge in [-0.2, -0.15) is 15.3 Å². The van der Waals surface area contributed by atoms with Crippen LogP contribution in [-0.4, -0.2) is 89.9 Å². The molecule has 0 saturated heterocycles. The number of aliphatic hydroxyl groups excluding tert-OH is 1. The Labute approximate surface area is 231 Å². The summed E-state index contributed by atoms with van der Waals surface area (Å²) >= 11 is 10.3. The molecule has 1 aliphatic rings. The molecule has 0 fully saturated rings. The first-order chi connectivity index (χ1) is 17.1. The third kappa shape index (κ3) is 13.2. The van der Waals surface area contributed by atoms with Crippen LogP contribution in [0.2, 0.25) is 0 Å². The van der Waals surface area contributed by atoms with Crippen LogP contribution in [-0.2, 0) is 16.0 Å². The van der Waals surface area contributed by atoms with Crippen LogP contribution in [0.15, 0.2) is 18.2 Å². The van der Waals surface area contributed by atoms with Crippen LogP contribution >= 0.6 is 23.2 Å². The van der Waals surface area contributed by atoms with E-state index in [0.29, 0.717) is 30.6 Å². The van der Waals surface area contributed by atoms with Gasteiger partial charge in [0.2, 0.25) is 0 Å². The molecule has 4 heterocycles. The molecule has 0 spiro atoms. The van der Waals surface area contributed by atoms with Crippen LogP contribution in [0.5, 0.6) is 0 Å². The Balaban J connectivity index is 0. The number of carboxylic acids is 1. The number of aromatic nitrogens is 6. The highest BCUT2D eigenvalue weighted by Gasteiger charge is 2.19. The summed E-state index contributed by atoms with van der Waals surface area (Å²) in [6, 6.07) is 4.83. The second-order valence-electron chi connectivity index (χ2n) is 6.95. The van der Waals surface area contributed by atoms with Gasteiger partial charge in [0.1, 0.15) is 18.9 Å². The standard InChI is InChI=1S/C7H9ClN2O2.C7H8N2O2.C5H6N2O2.C2H5ClO.2CH4/c1-5-4-6(10-9-5)7(11)12-3-2-8;1-5-4-6-7(10)11-3-2-9(6)8-5;1-3-2-4(5(8)9)7-6-3;3-1-2-4;;/h4H,2-3H2,1H3,(H,9,10);4H,2-3H2,1H3;2H,1H3,(H,6,7)(H,8,9);4H,1-2H2;2*1H4. The van der Waals surface area contributed by atoms with Gasteiger partial charge in [0.25, 0.3) is 0 Å². The number of halogens is 2. The van der Waals surface area contributed by atoms with Gasteiger partial charge in [-0.05, 0) is 39.0 Å². The smallest absolute Gasteiger partial charge is 0.358 e. The maximum absolute atomic E-state index is 11.1. The van der Waals surface area contributed by atoms with E-state index in [4.69, 9.17) is 42.9 Å². The lowest BCUT2D eigenvalue weighted by Gasteiger charge is -2.12. The molecule has 0 amide bonds. The number of carbonyl (C=O) groups excluding carboxylic acids is 2. The summed E-state index contributed by atoms with van der Waals surface area (Å²) in [5.74, 6) is -1.06. The van der Waals surface area contributed by atoms with Crippen molar-refractivity contribution in [2.45, 2.75) is 42.2 Å². The zero-order valence-corrected chi connectivity index (χ0v) is 21.5. The minimum absolute atomic E-state index is 0. The number of aliphatic hydroxyl groups is 1. The molecule has 38 heavy (non-hydrogen) atoms. The first-order valence-electron chi connectivity index (χ1n) is 10.5. The van der Waals surface area contributed by atoms with E-state index in [1.165, 1.54) is 6.07 Å². The number of H-pyrrole nitrogens is 2. The molecule has 0 aromatic carbocycles. The van der Waals surface area contributed by atoms with Gasteiger partial charge in [-0.25, -0.2) is 14.4 Å². The number of aryl methyl sites for hydroxylation is 3. The number of nitrogens with one attached hydrogen (secondary N) is 2. The van der Waals surface area contributed by atoms with Crippen molar-refractivity contribution in [2.24, 2.45) is 0 Å². The van der Waals surface area contributed by atoms with E-state index < -0.39 is 11.9 Å². The molecular formula is C23H36Cl2N6O7. The second-order valence-corrected chi connectivity index (χ2v) is 7.70. The lowest BCUT2D eigenvalue weighted by atomic mass is 10.3. The van der Waals surface area contributed by atoms with Crippen LogP contribution in [0.3, 0.4) is 0 Å². The minimum Gasteiger partial charge on any atom is -0.476 e. The average Bonchev–Trinajstić information content (AvgIpc) is 3.58. The highest BCUT2D eigenvalue weighted by atomic mass is 35.5. The predicted molar refractivity (Wildman–Crippen MR) is 143 cm³/mol. The number of nitrogens with zero attached hydrogens (tertiary/aromatic N) is 4. The van der Waals surface area contributed by atoms with Crippen molar-refractivity contribution in [1.82, 2.24) is 30.2 Å². The van der Waals surface area contributed by atoms with Gasteiger partial charge in [-0.3, -0.25) is 14.9 Å². The van der Waals surface area contributed by atoms with Gasteiger partial charge in [-0.1, -0.05) is 14.9 Å². The van der Waals surface area contributed by atoms with Gasteiger partial charge < -0.3 is 19.7 Å². The Kier molecular flexibility index (Phi) is 19.0. The normalized spacial score (nSPS) is 10.7. The lowest BCUT2D eigenvalue weighted by Crippen LogP contribution is -2.23. The fraction of sp³-hybridized carbons (Fsp3) is 0.478. The summed E-state index contributed by atoms with van der Waals surface area (Å²) in [5, 5.41) is 32.6. The maximum Gasteiger partial charge on any atom is 0.358 e. The molecule has 1 aliphatic heterocycles. The second kappa shape index (κ2) is 19.7. The zero-order valence-electron chi connectivity index (χ0n) is 20.0. The predicted octanol–water partition coefficient (Wildman–Crippen LogP) is 3.38. The number of aromatic carboxylic acids is 1. The number of carbonyl (C=O) groups is 3. The molecular weight excluding hydrogens is 543 g/mol. The Morgan fingerprint density at radius 3 is 2.00 bits per heavy atom. The number of carboxylic acid groups (broad SMARTS) is 1. The van der Waals surface area contributed by atoms with Crippen LogP contribution in [0.25, 0.3) is 0 Å². The van der Waals surface area contributed by atoms with Crippen LogP contribution in [0, 0.1) is 20.8 Å². The lowest BCUT2D eigenvalue weighted by molar-refractivity contribution is 0.0410. The van der Waals surface area contributed by atoms with Crippen molar-refractivity contribution < 1.29 is 34.1 Å². The summed E-state index contributed by atoms with van der Waals surface area (Å²) in [4.78, 5) is 32.2. The molecule has 0 saturated carbocycles. The summed E-state index contributed by atoms with van der Waals surface area (Å²) in [5.41, 5.74) is 3.36. The molecule has 15 heteroatoms. The molecule has 0 atom stereocenters. The quantitative estimate of drug-likeness (QED) is 0.258. The van der Waals surface area contributed by atoms with Crippen molar-refractivity contribution >= 4 is 41.1 Å². The molecule has 0 unspecified atom stereocenters. The number of ether oxygens (including phenoxy) is 2. The molecule has 3 aromatic heterocycles. The summed E-state index contributed by atoms with van der Waals surface area (Å²) in [7, 11) is 0. The Morgan fingerprint density at radius 1 is 1.05 bits per heavy atom. The summed E-state index contributed by atoms with van der Waals surface area (Å²) in [6.07, 6.45) is 0. The van der Waals surface area contributed by atoms with E-state index in [0.717, 1.165) is 17.1 Å². The van der Waals surface area contributed by atoms with Crippen LogP contribution < -0.4 is 0 Å². The number of hydrogen-bond donors (Lipinski definition) is 4. The van der Waals surface area contributed by atoms with Gasteiger partial charge in [0.05, 0.1) is 24.7 Å². The SMILES string of the molecule is C.C.Cc1cc(C(=O)O)n[nH]1.Cc1cc(C(=O)OCCCl)n[nH]1.Cc1cc2n(n1)CCOC2=O.OCCCl. The minimum atomic E-state index is -1.00. The van der Waals surface area contributed by atoms with Crippen LogP contribution in [0.1, 0.15) is 63.4 Å². The van der Waals surface area contributed by atoms with Crippen molar-refractivity contribution in [3.8, 4) is 0 Å². The fourth-order valence-electron chi connectivity index (χ4n) is 2.43. The highest BCUT2D eigenvalue weighted by molar-refractivity contribution is 6.18. The number of esters is 2. The Hall–Kier alpha value is -3.42. The molecule has 4 rings (SSSR count). The van der Waals surface area contributed by atoms with E-state index >= 15 is 0 Å². The zero-order chi connectivity index (χ0) is 27.1. The molecule has 0 aliphatic carbocycles. The van der Waals surface area contributed by atoms with E-state index in [1.54, 1.807) is 23.7 Å². The highest BCUT2D eigenvalue weighted by Crippen LogP contribution is 2.09. The van der Waals surface area contributed by atoms with Crippen LogP contribution in [0.4, 0.5) is 0 Å². The van der Waals surface area contributed by atoms with Crippen molar-refractivity contribution in [1.29, 1.82) is 0 Å². The van der Waals surface area contributed by atoms with E-state index in [9.17, 15) is 14.4 Å². The number of alkyl halides is 2. The van der Waals surface area contributed by atoms with Crippen molar-refractivity contribution in [3.05, 3.63) is 52.4 Å². The van der Waals surface area contributed by atoms with E-state index in [-0.39, 0.29) is 45.4 Å². The molecule has 13 nitrogen and oxygen atoms in total. The summed E-state index contributed by atoms with van der Waals surface area (Å²) < 4.78 is 11.2. The Bertz CT molecular complexity index is 1110. The van der Waals surface area contributed by atoms with Crippen molar-refractivity contribution in [3.63, 3.8) is 0 Å². The van der Waals surface area contributed by atoms with Gasteiger partial charge in [0, 0.05) is 17.3 Å². The molecule has 3 aromatic rings. The number of fused-ring (bicyclic) bond motifs is 1. The topological polar surface area (TPSA) is 185 Å². The maximum atomic E-state index is 11.1. The monoisotopic (exact) mass is 578 g/mol. The fourth-order valence-corrected chi connectivity index (χ4v) is 2.51. The number of rotatable bonds is 5. The average molecular weight is 579 g/mol. The third-order valence-electron chi connectivity index (χ3n) is 3.88. The van der Waals surface area contributed by atoms with Gasteiger partial charge in [-0.15, -0.1) is 23.2 Å². The first-order valence-corrected chi connectivity index (χ1v) is 11.6. The van der Waals surface area contributed by atoms with E-state index in [1.807, 2.05) is 13.8 Å². The van der Waals surface area contributed by atoms with Gasteiger partial charge >= 0.3 is 17.9 Å². The molecule has 0 radical (unpaired) electrons. The third-order valence-corrected chi connectivity index (χ3v) is 4.21. The Morgan fingerprint density at radius 2 is 1.61 bits per heavy atom. The number of cyclic esters (lactones) is 1. The number of aromatic amines is 2. The first kappa shape index (κ1) is 36.7. The molecule has 4 N–H and O–H groups in total. The summed E-state index contributed by atoms with van der Waals surface area (Å²) in [6.45, 7) is 6.83. The molecule has 0 bridgehead atoms. The van der Waals surface area contributed by atoms with Crippen molar-refractivity contribution in [2.75, 3.05) is 31.6 Å². The largest absolute Gasteiger partial charge is 0.476 e.